The van der Waals surface area contributed by atoms with Gasteiger partial charge in [0.05, 0.1) is 6.61 Å². The van der Waals surface area contributed by atoms with Gasteiger partial charge in [-0.3, -0.25) is 0 Å². The second kappa shape index (κ2) is 8.57. The van der Waals surface area contributed by atoms with Crippen LogP contribution in [0.1, 0.15) is 47.0 Å². The molecule has 0 radical (unpaired) electrons. The number of nitrogens with zero attached hydrogens (tertiary/aromatic N) is 1. The van der Waals surface area contributed by atoms with Crippen LogP contribution in [0.5, 0.6) is 0 Å². The Labute approximate surface area is 93.8 Å². The molecule has 3 nitrogen and oxygen atoms in total. The van der Waals surface area contributed by atoms with Gasteiger partial charge >= 0.3 is 6.09 Å². The Morgan fingerprint density at radius 3 is 2.13 bits per heavy atom. The first-order valence-electron chi connectivity index (χ1n) is 6.07. The van der Waals surface area contributed by atoms with Crippen molar-refractivity contribution in [2.45, 2.75) is 47.0 Å². The van der Waals surface area contributed by atoms with E-state index in [1.807, 2.05) is 6.92 Å². The summed E-state index contributed by atoms with van der Waals surface area (Å²) in [5, 5.41) is 0. The third kappa shape index (κ3) is 6.37. The van der Waals surface area contributed by atoms with E-state index in [1.54, 1.807) is 4.90 Å². The minimum atomic E-state index is -0.149. The quantitative estimate of drug-likeness (QED) is 0.671. The smallest absolute Gasteiger partial charge is 0.409 e. The second-order valence-electron chi connectivity index (χ2n) is 4.08. The van der Waals surface area contributed by atoms with Gasteiger partial charge in [0.1, 0.15) is 0 Å². The molecule has 0 spiro atoms. The molecule has 0 N–H and O–H groups in total. The number of ether oxygens (including phenoxy) is 1. The van der Waals surface area contributed by atoms with Crippen molar-refractivity contribution in [3.05, 3.63) is 0 Å². The van der Waals surface area contributed by atoms with E-state index in [0.29, 0.717) is 6.61 Å². The van der Waals surface area contributed by atoms with E-state index in [2.05, 4.69) is 20.8 Å². The van der Waals surface area contributed by atoms with Crippen LogP contribution < -0.4 is 0 Å². The Morgan fingerprint density at radius 2 is 1.73 bits per heavy atom. The minimum Gasteiger partial charge on any atom is -0.450 e. The molecule has 1 heterocycles. The third-order valence-corrected chi connectivity index (χ3v) is 2.31. The van der Waals surface area contributed by atoms with Crippen molar-refractivity contribution in [1.29, 1.82) is 0 Å². The lowest BCUT2D eigenvalue weighted by Crippen LogP contribution is -2.38. The third-order valence-electron chi connectivity index (χ3n) is 2.31. The van der Waals surface area contributed by atoms with Gasteiger partial charge < -0.3 is 9.64 Å². The normalized spacial score (nSPS) is 16.7. The molecule has 15 heavy (non-hydrogen) atoms. The van der Waals surface area contributed by atoms with E-state index >= 15 is 0 Å². The Morgan fingerprint density at radius 1 is 1.27 bits per heavy atom. The Bertz CT molecular complexity index is 163. The highest BCUT2D eigenvalue weighted by Gasteiger charge is 2.20. The fourth-order valence-electron chi connectivity index (χ4n) is 1.41. The molecule has 1 aliphatic rings. The maximum Gasteiger partial charge on any atom is 0.409 e. The molecule has 0 unspecified atom stereocenters. The van der Waals surface area contributed by atoms with Crippen LogP contribution in [0.25, 0.3) is 0 Å². The highest BCUT2D eigenvalue weighted by atomic mass is 16.6. The van der Waals surface area contributed by atoms with Crippen molar-refractivity contribution in [2.75, 3.05) is 19.7 Å². The number of carbonyl (C=O) groups excluding carboxylic acids is 1. The highest BCUT2D eigenvalue weighted by Crippen LogP contribution is 2.16. The van der Waals surface area contributed by atoms with E-state index < -0.39 is 0 Å². The predicted octanol–water partition coefficient (Wildman–Crippen LogP) is 3.29. The van der Waals surface area contributed by atoms with Crippen molar-refractivity contribution < 1.29 is 9.53 Å². The molecule has 1 aliphatic heterocycles. The van der Waals surface area contributed by atoms with Crippen LogP contribution in [-0.2, 0) is 4.74 Å². The number of amides is 1. The van der Waals surface area contributed by atoms with Crippen LogP contribution in [-0.4, -0.2) is 30.7 Å². The Balaban J connectivity index is 0.000000583. The minimum absolute atomic E-state index is 0.149. The largest absolute Gasteiger partial charge is 0.450 e. The molecular formula is C12H25NO2. The van der Waals surface area contributed by atoms with Gasteiger partial charge in [-0.25, -0.2) is 4.79 Å². The zero-order valence-electron chi connectivity index (χ0n) is 10.6. The van der Waals surface area contributed by atoms with E-state index in [0.717, 1.165) is 31.8 Å². The molecule has 0 aromatic rings. The van der Waals surface area contributed by atoms with Gasteiger partial charge in [-0.15, -0.1) is 0 Å². The number of rotatable bonds is 1. The van der Waals surface area contributed by atoms with Crippen LogP contribution in [0.3, 0.4) is 0 Å². The van der Waals surface area contributed by atoms with Crippen LogP contribution >= 0.6 is 0 Å². The van der Waals surface area contributed by atoms with Crippen LogP contribution in [0, 0.1) is 5.92 Å². The molecule has 1 rings (SSSR count). The van der Waals surface area contributed by atoms with E-state index in [4.69, 9.17) is 4.74 Å². The first kappa shape index (κ1) is 14.3. The Hall–Kier alpha value is -0.730. The zero-order chi connectivity index (χ0) is 11.7. The van der Waals surface area contributed by atoms with Crippen LogP contribution in [0.15, 0.2) is 0 Å². The number of carbonyl (C=O) groups is 1. The molecule has 0 saturated carbocycles. The average Bonchev–Trinajstić information content (AvgIpc) is 2.20. The fraction of sp³-hybridized carbons (Fsp3) is 0.917. The summed E-state index contributed by atoms with van der Waals surface area (Å²) in [5.41, 5.74) is 0. The van der Waals surface area contributed by atoms with Gasteiger partial charge in [-0.1, -0.05) is 27.2 Å². The van der Waals surface area contributed by atoms with E-state index in [9.17, 15) is 4.79 Å². The lowest BCUT2D eigenvalue weighted by molar-refractivity contribution is 0.0934. The summed E-state index contributed by atoms with van der Waals surface area (Å²) in [6.07, 6.45) is 3.32. The van der Waals surface area contributed by atoms with Gasteiger partial charge in [-0.05, 0) is 25.7 Å². The fourth-order valence-corrected chi connectivity index (χ4v) is 1.41. The summed E-state index contributed by atoms with van der Waals surface area (Å²) in [7, 11) is 0. The molecule has 1 saturated heterocycles. The van der Waals surface area contributed by atoms with Crippen LogP contribution in [0.4, 0.5) is 4.79 Å². The van der Waals surface area contributed by atoms with Gasteiger partial charge in [0.15, 0.2) is 0 Å². The Kier molecular flexibility index (Phi) is 8.15. The zero-order valence-corrected chi connectivity index (χ0v) is 10.6. The van der Waals surface area contributed by atoms with Crippen molar-refractivity contribution in [1.82, 2.24) is 4.90 Å². The molecule has 0 aliphatic carbocycles. The number of likely N-dealkylation sites (tertiary alicyclic amines) is 1. The first-order valence-corrected chi connectivity index (χ1v) is 6.07. The van der Waals surface area contributed by atoms with Crippen molar-refractivity contribution in [3.8, 4) is 0 Å². The summed E-state index contributed by atoms with van der Waals surface area (Å²) in [6, 6.07) is 0. The molecule has 0 aromatic heterocycles. The summed E-state index contributed by atoms with van der Waals surface area (Å²) in [4.78, 5) is 13.0. The lowest BCUT2D eigenvalue weighted by atomic mass is 10.00. The molecule has 0 atom stereocenters. The standard InChI is InChI=1S/C9H17NO2.C3H8/c1-3-12-9(11)10-6-4-8(2)5-7-10;1-3-2/h8H,3-7H2,1-2H3;3H2,1-2H3. The molecular weight excluding hydrogens is 190 g/mol. The molecule has 1 amide bonds. The maximum atomic E-state index is 11.2. The molecule has 0 aromatic carbocycles. The first-order chi connectivity index (χ1) is 7.15. The summed E-state index contributed by atoms with van der Waals surface area (Å²) in [6.45, 7) is 10.5. The summed E-state index contributed by atoms with van der Waals surface area (Å²) in [5.74, 6) is 0.760. The summed E-state index contributed by atoms with van der Waals surface area (Å²) >= 11 is 0. The highest BCUT2D eigenvalue weighted by molar-refractivity contribution is 5.67. The number of hydrogen-bond acceptors (Lipinski definition) is 2. The lowest BCUT2D eigenvalue weighted by Gasteiger charge is -2.29. The monoisotopic (exact) mass is 215 g/mol. The maximum absolute atomic E-state index is 11.2. The summed E-state index contributed by atoms with van der Waals surface area (Å²) < 4.78 is 4.90. The van der Waals surface area contributed by atoms with Gasteiger partial charge in [0.25, 0.3) is 0 Å². The topological polar surface area (TPSA) is 29.5 Å². The van der Waals surface area contributed by atoms with Crippen molar-refractivity contribution in [3.63, 3.8) is 0 Å². The molecule has 0 bridgehead atoms. The second-order valence-corrected chi connectivity index (χ2v) is 4.08. The van der Waals surface area contributed by atoms with Gasteiger partial charge in [0.2, 0.25) is 0 Å². The van der Waals surface area contributed by atoms with Crippen molar-refractivity contribution in [2.24, 2.45) is 5.92 Å². The SMILES string of the molecule is CCC.CCOC(=O)N1CCC(C)CC1. The van der Waals surface area contributed by atoms with E-state index in [1.165, 1.54) is 6.42 Å². The molecule has 3 heteroatoms. The number of piperidine rings is 1. The average molecular weight is 215 g/mol. The molecule has 1 fully saturated rings. The van der Waals surface area contributed by atoms with Crippen molar-refractivity contribution >= 4 is 6.09 Å². The van der Waals surface area contributed by atoms with Gasteiger partial charge in [-0.2, -0.15) is 0 Å². The van der Waals surface area contributed by atoms with Gasteiger partial charge in [0, 0.05) is 13.1 Å². The predicted molar refractivity (Wildman–Crippen MR) is 63.0 cm³/mol. The number of hydrogen-bond donors (Lipinski definition) is 0. The van der Waals surface area contributed by atoms with E-state index in [-0.39, 0.29) is 6.09 Å². The molecule has 90 valence electrons. The van der Waals surface area contributed by atoms with Crippen LogP contribution in [0.2, 0.25) is 0 Å².